The fourth-order valence-electron chi connectivity index (χ4n) is 4.49. The highest BCUT2D eigenvalue weighted by atomic mass is 32.2. The number of sulfonamides is 1. The molecular weight excluding hydrogens is 394 g/mol. The smallest absolute Gasteiger partial charge is 0.243 e. The first-order valence-electron chi connectivity index (χ1n) is 10.1. The Morgan fingerprint density at radius 3 is 2.62 bits per heavy atom. The van der Waals surface area contributed by atoms with Crippen LogP contribution in [0.5, 0.6) is 5.75 Å². The van der Waals surface area contributed by atoms with E-state index < -0.39 is 10.0 Å². The van der Waals surface area contributed by atoms with Crippen molar-refractivity contribution >= 4 is 21.6 Å². The molecule has 4 aliphatic rings. The molecule has 9 heteroatoms. The molecule has 4 aliphatic heterocycles. The van der Waals surface area contributed by atoms with Gasteiger partial charge in [-0.15, -0.1) is 0 Å². The topological polar surface area (TPSA) is 88.2 Å². The predicted octanol–water partition coefficient (Wildman–Crippen LogP) is 1.06. The third-order valence-electron chi connectivity index (χ3n) is 6.08. The van der Waals surface area contributed by atoms with Crippen molar-refractivity contribution in [2.45, 2.75) is 17.7 Å². The van der Waals surface area contributed by atoms with Crippen molar-refractivity contribution < 1.29 is 22.7 Å². The van der Waals surface area contributed by atoms with Gasteiger partial charge in [0.15, 0.2) is 0 Å². The van der Waals surface area contributed by atoms with Crippen LogP contribution in [-0.4, -0.2) is 76.1 Å². The third-order valence-corrected chi connectivity index (χ3v) is 7.87. The van der Waals surface area contributed by atoms with E-state index in [0.717, 1.165) is 30.6 Å². The molecule has 1 saturated heterocycles. The zero-order valence-electron chi connectivity index (χ0n) is 16.2. The molecule has 8 nitrogen and oxygen atoms in total. The fourth-order valence-corrected chi connectivity index (χ4v) is 5.95. The Labute approximate surface area is 170 Å². The molecule has 1 aromatic rings. The van der Waals surface area contributed by atoms with Crippen molar-refractivity contribution in [3.63, 3.8) is 0 Å². The summed E-state index contributed by atoms with van der Waals surface area (Å²) in [5.74, 6) is 0.751. The van der Waals surface area contributed by atoms with E-state index in [0.29, 0.717) is 57.4 Å². The molecule has 1 unspecified atom stereocenters. The van der Waals surface area contributed by atoms with E-state index in [-0.39, 0.29) is 16.7 Å². The van der Waals surface area contributed by atoms with Gasteiger partial charge in [0.2, 0.25) is 15.9 Å². The minimum absolute atomic E-state index is 0.0613. The maximum atomic E-state index is 13.1. The second kappa shape index (κ2) is 7.30. The van der Waals surface area contributed by atoms with Gasteiger partial charge in [-0.05, 0) is 42.2 Å². The van der Waals surface area contributed by atoms with Gasteiger partial charge in [-0.25, -0.2) is 8.42 Å². The number of anilines is 1. The molecule has 29 heavy (non-hydrogen) atoms. The Morgan fingerprint density at radius 1 is 1.10 bits per heavy atom. The molecule has 1 amide bonds. The lowest BCUT2D eigenvalue weighted by Gasteiger charge is -2.28. The molecule has 1 N–H and O–H groups in total. The van der Waals surface area contributed by atoms with Gasteiger partial charge in [-0.1, -0.05) is 0 Å². The van der Waals surface area contributed by atoms with Crippen LogP contribution in [0.25, 0.3) is 0 Å². The quantitative estimate of drug-likeness (QED) is 0.737. The van der Waals surface area contributed by atoms with Crippen LogP contribution in [0, 0.1) is 5.92 Å². The zero-order valence-corrected chi connectivity index (χ0v) is 17.0. The lowest BCUT2D eigenvalue weighted by atomic mass is 10.0. The Hall–Kier alpha value is -2.10. The summed E-state index contributed by atoms with van der Waals surface area (Å²) in [6.07, 6.45) is 1.79. The number of fused-ring (bicyclic) bond motifs is 1. The second-order valence-electron chi connectivity index (χ2n) is 8.02. The normalized spacial score (nSPS) is 24.7. The molecule has 0 spiro atoms. The molecule has 1 atom stereocenters. The molecule has 0 radical (unpaired) electrons. The van der Waals surface area contributed by atoms with Crippen molar-refractivity contribution in [1.29, 1.82) is 0 Å². The number of carbonyl (C=O) groups excluding carboxylic acids is 1. The summed E-state index contributed by atoms with van der Waals surface area (Å²) in [4.78, 5) is 14.9. The number of nitrogens with zero attached hydrogens (tertiary/aromatic N) is 2. The number of rotatable bonds is 3. The van der Waals surface area contributed by atoms with Gasteiger partial charge in [0.05, 0.1) is 23.1 Å². The van der Waals surface area contributed by atoms with Crippen LogP contribution in [-0.2, 0) is 19.6 Å². The Morgan fingerprint density at radius 2 is 1.90 bits per heavy atom. The summed E-state index contributed by atoms with van der Waals surface area (Å²) in [5.41, 5.74) is 2.82. The number of hydrogen-bond acceptors (Lipinski definition) is 6. The van der Waals surface area contributed by atoms with Crippen LogP contribution < -0.4 is 10.1 Å². The van der Waals surface area contributed by atoms with E-state index in [9.17, 15) is 13.2 Å². The fraction of sp³-hybridized carbons (Fsp3) is 0.550. The van der Waals surface area contributed by atoms with Gasteiger partial charge in [0, 0.05) is 39.3 Å². The van der Waals surface area contributed by atoms with Crippen LogP contribution >= 0.6 is 0 Å². The summed E-state index contributed by atoms with van der Waals surface area (Å²) in [6, 6.07) is 4.95. The monoisotopic (exact) mass is 419 g/mol. The number of amides is 1. The molecule has 0 bridgehead atoms. The third kappa shape index (κ3) is 3.41. The van der Waals surface area contributed by atoms with E-state index in [1.54, 1.807) is 18.2 Å². The van der Waals surface area contributed by atoms with Crippen LogP contribution in [0.3, 0.4) is 0 Å². The standard InChI is InChI=1S/C20H25N3O5S/c24-20(14-2-1-6-27-13-14)22-9-15-11-23(12-16(15)10-22)29(25,26)17-3-4-19-18(8-17)21-5-7-28-19/h3-4,8,14,21H,1-2,5-7,9-13H2. The number of hydrogen-bond donors (Lipinski definition) is 1. The number of ether oxygens (including phenoxy) is 2. The summed E-state index contributed by atoms with van der Waals surface area (Å²) >= 11 is 0. The Kier molecular flexibility index (Phi) is 4.76. The SMILES string of the molecule is O=C(C1CCCOC1)N1CC2=C(C1)CN(S(=O)(=O)c1ccc3c(c1)NCCO3)C2. The van der Waals surface area contributed by atoms with Gasteiger partial charge in [-0.2, -0.15) is 4.31 Å². The minimum Gasteiger partial charge on any atom is -0.490 e. The van der Waals surface area contributed by atoms with Crippen LogP contribution in [0.4, 0.5) is 5.69 Å². The lowest BCUT2D eigenvalue weighted by molar-refractivity contribution is -0.138. The zero-order chi connectivity index (χ0) is 20.0. The average Bonchev–Trinajstić information content (AvgIpc) is 3.33. The van der Waals surface area contributed by atoms with Crippen LogP contribution in [0.15, 0.2) is 34.2 Å². The maximum Gasteiger partial charge on any atom is 0.243 e. The van der Waals surface area contributed by atoms with Gasteiger partial charge in [-0.3, -0.25) is 4.79 Å². The van der Waals surface area contributed by atoms with E-state index >= 15 is 0 Å². The van der Waals surface area contributed by atoms with Crippen molar-refractivity contribution in [2.75, 3.05) is 57.9 Å². The van der Waals surface area contributed by atoms with Crippen molar-refractivity contribution in [3.05, 3.63) is 29.3 Å². The van der Waals surface area contributed by atoms with Gasteiger partial charge in [0.1, 0.15) is 12.4 Å². The highest BCUT2D eigenvalue weighted by molar-refractivity contribution is 7.89. The molecule has 0 aromatic heterocycles. The van der Waals surface area contributed by atoms with Crippen molar-refractivity contribution in [1.82, 2.24) is 9.21 Å². The first kappa shape index (κ1) is 18.9. The van der Waals surface area contributed by atoms with E-state index in [2.05, 4.69) is 5.32 Å². The van der Waals surface area contributed by atoms with Crippen LogP contribution in [0.1, 0.15) is 12.8 Å². The first-order chi connectivity index (χ1) is 14.0. The Bertz CT molecular complexity index is 950. The van der Waals surface area contributed by atoms with E-state index in [1.807, 2.05) is 4.90 Å². The summed E-state index contributed by atoms with van der Waals surface area (Å²) in [7, 11) is -3.60. The molecule has 156 valence electrons. The van der Waals surface area contributed by atoms with Gasteiger partial charge < -0.3 is 19.7 Å². The maximum absolute atomic E-state index is 13.1. The highest BCUT2D eigenvalue weighted by Crippen LogP contribution is 2.34. The van der Waals surface area contributed by atoms with Gasteiger partial charge in [0.25, 0.3) is 0 Å². The number of nitrogens with one attached hydrogen (secondary N) is 1. The molecule has 1 fully saturated rings. The minimum atomic E-state index is -3.60. The average molecular weight is 420 g/mol. The Balaban J connectivity index is 1.26. The van der Waals surface area contributed by atoms with Crippen LogP contribution in [0.2, 0.25) is 0 Å². The molecule has 0 aliphatic carbocycles. The number of carbonyl (C=O) groups is 1. The molecular formula is C20H25N3O5S. The van der Waals surface area contributed by atoms with Gasteiger partial charge >= 0.3 is 0 Å². The molecule has 0 saturated carbocycles. The highest BCUT2D eigenvalue weighted by Gasteiger charge is 2.39. The van der Waals surface area contributed by atoms with Crippen molar-refractivity contribution in [3.8, 4) is 5.75 Å². The first-order valence-corrected chi connectivity index (χ1v) is 11.5. The lowest BCUT2D eigenvalue weighted by Crippen LogP contribution is -2.41. The second-order valence-corrected chi connectivity index (χ2v) is 9.96. The molecule has 5 rings (SSSR count). The molecule has 4 heterocycles. The number of benzene rings is 1. The predicted molar refractivity (Wildman–Crippen MR) is 106 cm³/mol. The van der Waals surface area contributed by atoms with E-state index in [1.165, 1.54) is 4.31 Å². The van der Waals surface area contributed by atoms with Crippen molar-refractivity contribution in [2.24, 2.45) is 5.92 Å². The summed E-state index contributed by atoms with van der Waals surface area (Å²) < 4.78 is 38.8. The largest absolute Gasteiger partial charge is 0.490 e. The van der Waals surface area contributed by atoms with E-state index in [4.69, 9.17) is 9.47 Å². The summed E-state index contributed by atoms with van der Waals surface area (Å²) in [5, 5.41) is 3.18. The molecule has 1 aromatic carbocycles. The summed E-state index contributed by atoms with van der Waals surface area (Å²) in [6.45, 7) is 4.21.